The number of amides is 2. The van der Waals surface area contributed by atoms with E-state index >= 15 is 0 Å². The van der Waals surface area contributed by atoms with Gasteiger partial charge in [-0.05, 0) is 49.2 Å². The Hall–Kier alpha value is -2.93. The molecule has 28 heavy (non-hydrogen) atoms. The summed E-state index contributed by atoms with van der Waals surface area (Å²) in [5.41, 5.74) is 0.912. The third-order valence-electron chi connectivity index (χ3n) is 4.59. The smallest absolute Gasteiger partial charge is 0.264 e. The minimum Gasteiger partial charge on any atom is -0.483 e. The summed E-state index contributed by atoms with van der Waals surface area (Å²) in [6, 6.07) is 12.4. The Labute approximate surface area is 163 Å². The second-order valence-corrected chi connectivity index (χ2v) is 6.56. The molecule has 1 fully saturated rings. The van der Waals surface area contributed by atoms with E-state index in [2.05, 4.69) is 5.32 Å². The van der Waals surface area contributed by atoms with E-state index in [4.69, 9.17) is 9.47 Å². The van der Waals surface area contributed by atoms with Gasteiger partial charge in [-0.15, -0.1) is 0 Å². The molecule has 1 unspecified atom stereocenters. The Kier molecular flexibility index (Phi) is 6.60. The predicted octanol–water partition coefficient (Wildman–Crippen LogP) is 2.78. The number of rotatable bonds is 7. The van der Waals surface area contributed by atoms with Gasteiger partial charge in [-0.3, -0.25) is 9.59 Å². The molecule has 3 rings (SSSR count). The lowest BCUT2D eigenvalue weighted by molar-refractivity contribution is -0.120. The number of hydrogen-bond acceptors (Lipinski definition) is 4. The van der Waals surface area contributed by atoms with E-state index in [1.54, 1.807) is 31.3 Å². The van der Waals surface area contributed by atoms with Crippen LogP contribution in [-0.2, 0) is 9.53 Å². The van der Waals surface area contributed by atoms with Crippen molar-refractivity contribution in [2.45, 2.75) is 18.9 Å². The molecule has 0 aromatic heterocycles. The molecule has 1 aliphatic rings. The third kappa shape index (κ3) is 5.07. The summed E-state index contributed by atoms with van der Waals surface area (Å²) in [7, 11) is 1.58. The Bertz CT molecular complexity index is 819. The van der Waals surface area contributed by atoms with E-state index in [1.807, 2.05) is 0 Å². The Morgan fingerprint density at radius 2 is 1.96 bits per heavy atom. The van der Waals surface area contributed by atoms with Crippen LogP contribution in [0.2, 0.25) is 0 Å². The van der Waals surface area contributed by atoms with Crippen LogP contribution in [0.3, 0.4) is 0 Å². The average Bonchev–Trinajstić information content (AvgIpc) is 3.24. The van der Waals surface area contributed by atoms with E-state index in [0.29, 0.717) is 23.5 Å². The van der Waals surface area contributed by atoms with Crippen LogP contribution in [0, 0.1) is 5.82 Å². The SMILES string of the molecule is CN(C(=O)COc1ccccc1C(=O)NCC1CCCO1)c1ccc(F)cc1. The number of benzene rings is 2. The van der Waals surface area contributed by atoms with E-state index < -0.39 is 0 Å². The molecule has 0 spiro atoms. The van der Waals surface area contributed by atoms with Gasteiger partial charge in [0.1, 0.15) is 11.6 Å². The molecule has 2 amide bonds. The van der Waals surface area contributed by atoms with Crippen molar-refractivity contribution in [2.75, 3.05) is 31.7 Å². The number of halogens is 1. The van der Waals surface area contributed by atoms with Gasteiger partial charge in [0.15, 0.2) is 6.61 Å². The molecular weight excluding hydrogens is 363 g/mol. The zero-order chi connectivity index (χ0) is 19.9. The van der Waals surface area contributed by atoms with Crippen LogP contribution in [0.5, 0.6) is 5.75 Å². The first-order valence-corrected chi connectivity index (χ1v) is 9.18. The fourth-order valence-electron chi connectivity index (χ4n) is 2.93. The van der Waals surface area contributed by atoms with Crippen molar-refractivity contribution in [3.05, 3.63) is 59.9 Å². The zero-order valence-corrected chi connectivity index (χ0v) is 15.7. The topological polar surface area (TPSA) is 67.9 Å². The van der Waals surface area contributed by atoms with Crippen LogP contribution in [0.15, 0.2) is 48.5 Å². The number of nitrogens with zero attached hydrogens (tertiary/aromatic N) is 1. The minimum absolute atomic E-state index is 0.0444. The monoisotopic (exact) mass is 386 g/mol. The number of nitrogens with one attached hydrogen (secondary N) is 1. The minimum atomic E-state index is -0.371. The van der Waals surface area contributed by atoms with Crippen molar-refractivity contribution in [2.24, 2.45) is 0 Å². The number of carbonyl (C=O) groups is 2. The molecule has 0 bridgehead atoms. The summed E-state index contributed by atoms with van der Waals surface area (Å²) in [5.74, 6) is -0.636. The lowest BCUT2D eigenvalue weighted by Gasteiger charge is -2.18. The highest BCUT2D eigenvalue weighted by Crippen LogP contribution is 2.19. The normalized spacial score (nSPS) is 15.9. The first-order valence-electron chi connectivity index (χ1n) is 9.18. The Morgan fingerprint density at radius 3 is 2.68 bits per heavy atom. The van der Waals surface area contributed by atoms with Crippen molar-refractivity contribution < 1.29 is 23.5 Å². The summed E-state index contributed by atoms with van der Waals surface area (Å²) in [6.07, 6.45) is 1.98. The van der Waals surface area contributed by atoms with Crippen molar-refractivity contribution >= 4 is 17.5 Å². The lowest BCUT2D eigenvalue weighted by atomic mass is 10.1. The van der Waals surface area contributed by atoms with Crippen LogP contribution in [0.1, 0.15) is 23.2 Å². The molecule has 6 nitrogen and oxygen atoms in total. The molecule has 0 saturated carbocycles. The molecule has 0 aliphatic carbocycles. The third-order valence-corrected chi connectivity index (χ3v) is 4.59. The van der Waals surface area contributed by atoms with Crippen LogP contribution in [-0.4, -0.2) is 44.7 Å². The fourth-order valence-corrected chi connectivity index (χ4v) is 2.93. The first kappa shape index (κ1) is 19.8. The van der Waals surface area contributed by atoms with Crippen molar-refractivity contribution in [1.82, 2.24) is 5.32 Å². The van der Waals surface area contributed by atoms with Gasteiger partial charge in [0.05, 0.1) is 11.7 Å². The number of hydrogen-bond donors (Lipinski definition) is 1. The Morgan fingerprint density at radius 1 is 1.21 bits per heavy atom. The Balaban J connectivity index is 1.58. The highest BCUT2D eigenvalue weighted by atomic mass is 19.1. The van der Waals surface area contributed by atoms with Crippen LogP contribution < -0.4 is 15.0 Å². The second-order valence-electron chi connectivity index (χ2n) is 6.56. The number of ether oxygens (including phenoxy) is 2. The first-order chi connectivity index (χ1) is 13.5. The van der Waals surface area contributed by atoms with Gasteiger partial charge in [0.25, 0.3) is 11.8 Å². The van der Waals surface area contributed by atoms with Crippen LogP contribution >= 0.6 is 0 Å². The van der Waals surface area contributed by atoms with Crippen molar-refractivity contribution in [3.63, 3.8) is 0 Å². The summed E-state index contributed by atoms with van der Waals surface area (Å²) in [6.45, 7) is 0.924. The average molecular weight is 386 g/mol. The van der Waals surface area contributed by atoms with Gasteiger partial charge in [0, 0.05) is 25.9 Å². The van der Waals surface area contributed by atoms with Gasteiger partial charge in [-0.25, -0.2) is 4.39 Å². The van der Waals surface area contributed by atoms with Gasteiger partial charge >= 0.3 is 0 Å². The maximum atomic E-state index is 13.0. The van der Waals surface area contributed by atoms with E-state index in [-0.39, 0.29) is 30.3 Å². The molecule has 7 heteroatoms. The molecule has 2 aromatic carbocycles. The largest absolute Gasteiger partial charge is 0.483 e. The quantitative estimate of drug-likeness (QED) is 0.795. The standard InChI is InChI=1S/C21H23FN2O4/c1-24(16-10-8-15(22)9-11-16)20(25)14-28-19-7-3-2-6-18(19)21(26)23-13-17-5-4-12-27-17/h2-3,6-11,17H,4-5,12-14H2,1H3,(H,23,26). The lowest BCUT2D eigenvalue weighted by Crippen LogP contribution is -2.33. The highest BCUT2D eigenvalue weighted by molar-refractivity contribution is 5.97. The maximum absolute atomic E-state index is 13.0. The van der Waals surface area contributed by atoms with Crippen LogP contribution in [0.4, 0.5) is 10.1 Å². The summed E-state index contributed by atoms with van der Waals surface area (Å²) in [4.78, 5) is 26.2. The summed E-state index contributed by atoms with van der Waals surface area (Å²) >= 11 is 0. The fraction of sp³-hybridized carbons (Fsp3) is 0.333. The zero-order valence-electron chi connectivity index (χ0n) is 15.7. The molecule has 1 aliphatic heterocycles. The van der Waals surface area contributed by atoms with Gasteiger partial charge in [0.2, 0.25) is 0 Å². The number of anilines is 1. The van der Waals surface area contributed by atoms with Gasteiger partial charge < -0.3 is 19.7 Å². The highest BCUT2D eigenvalue weighted by Gasteiger charge is 2.19. The summed E-state index contributed by atoms with van der Waals surface area (Å²) in [5, 5.41) is 2.85. The van der Waals surface area contributed by atoms with E-state index in [1.165, 1.54) is 29.2 Å². The predicted molar refractivity (Wildman–Crippen MR) is 103 cm³/mol. The second kappa shape index (κ2) is 9.32. The number of para-hydroxylation sites is 1. The molecule has 0 radical (unpaired) electrons. The number of likely N-dealkylation sites (N-methyl/N-ethyl adjacent to an activating group) is 1. The molecule has 2 aromatic rings. The number of carbonyl (C=O) groups excluding carboxylic acids is 2. The molecule has 1 heterocycles. The van der Waals surface area contributed by atoms with Gasteiger partial charge in [-0.1, -0.05) is 12.1 Å². The maximum Gasteiger partial charge on any atom is 0.264 e. The molecule has 1 atom stereocenters. The molecule has 1 saturated heterocycles. The van der Waals surface area contributed by atoms with Crippen LogP contribution in [0.25, 0.3) is 0 Å². The molecule has 1 N–H and O–H groups in total. The molecular formula is C21H23FN2O4. The van der Waals surface area contributed by atoms with Crippen molar-refractivity contribution in [1.29, 1.82) is 0 Å². The van der Waals surface area contributed by atoms with E-state index in [9.17, 15) is 14.0 Å². The summed E-state index contributed by atoms with van der Waals surface area (Å²) < 4.78 is 24.1. The molecule has 148 valence electrons. The van der Waals surface area contributed by atoms with Gasteiger partial charge in [-0.2, -0.15) is 0 Å². The van der Waals surface area contributed by atoms with Crippen molar-refractivity contribution in [3.8, 4) is 5.75 Å². The van der Waals surface area contributed by atoms with E-state index in [0.717, 1.165) is 19.4 Å².